The molecule has 0 spiro atoms. The molecule has 0 aliphatic heterocycles. The molecule has 0 aromatic heterocycles. The zero-order valence-electron chi connectivity index (χ0n) is 8.62. The highest BCUT2D eigenvalue weighted by atomic mass is 16.1. The second-order valence-electron chi connectivity index (χ2n) is 3.33. The third kappa shape index (κ3) is 3.60. The zero-order valence-corrected chi connectivity index (χ0v) is 8.62. The lowest BCUT2D eigenvalue weighted by atomic mass is 10.2. The average Bonchev–Trinajstić information content (AvgIpc) is 2.25. The molecule has 0 unspecified atom stereocenters. The molecule has 0 saturated heterocycles. The maximum absolute atomic E-state index is 11.5. The quantitative estimate of drug-likeness (QED) is 0.712. The predicted molar refractivity (Wildman–Crippen MR) is 58.3 cm³/mol. The van der Waals surface area contributed by atoms with Crippen molar-refractivity contribution in [2.75, 3.05) is 6.54 Å². The standard InChI is InChI=1S/C12H17NO/c1-2-3-7-10-13-12(14)11-8-5-4-6-9-11/h4-6,8-9H,2-3,7,10H2,1H3,(H,13,14). The van der Waals surface area contributed by atoms with Crippen molar-refractivity contribution in [3.8, 4) is 0 Å². The lowest BCUT2D eigenvalue weighted by molar-refractivity contribution is 0.0953. The van der Waals surface area contributed by atoms with Crippen molar-refractivity contribution in [1.29, 1.82) is 0 Å². The van der Waals surface area contributed by atoms with Gasteiger partial charge in [0.2, 0.25) is 0 Å². The van der Waals surface area contributed by atoms with E-state index in [-0.39, 0.29) is 5.91 Å². The fourth-order valence-corrected chi connectivity index (χ4v) is 1.27. The summed E-state index contributed by atoms with van der Waals surface area (Å²) in [6.07, 6.45) is 3.42. The molecule has 0 saturated carbocycles. The number of carbonyl (C=O) groups is 1. The smallest absolute Gasteiger partial charge is 0.251 e. The van der Waals surface area contributed by atoms with Crippen LogP contribution in [0.1, 0.15) is 36.5 Å². The Morgan fingerprint density at radius 2 is 1.93 bits per heavy atom. The second-order valence-corrected chi connectivity index (χ2v) is 3.33. The monoisotopic (exact) mass is 191 g/mol. The molecule has 2 heteroatoms. The van der Waals surface area contributed by atoms with E-state index < -0.39 is 0 Å². The topological polar surface area (TPSA) is 29.1 Å². The van der Waals surface area contributed by atoms with Crippen molar-refractivity contribution in [3.63, 3.8) is 0 Å². The number of carbonyl (C=O) groups excluding carboxylic acids is 1. The van der Waals surface area contributed by atoms with Crippen molar-refractivity contribution in [3.05, 3.63) is 35.9 Å². The maximum atomic E-state index is 11.5. The Morgan fingerprint density at radius 3 is 2.57 bits per heavy atom. The normalized spacial score (nSPS) is 9.79. The fraction of sp³-hybridized carbons (Fsp3) is 0.417. The summed E-state index contributed by atoms with van der Waals surface area (Å²) in [6.45, 7) is 2.93. The van der Waals surface area contributed by atoms with Gasteiger partial charge in [-0.1, -0.05) is 38.0 Å². The Kier molecular flexibility index (Phi) is 4.76. The lowest BCUT2D eigenvalue weighted by Gasteiger charge is -2.03. The van der Waals surface area contributed by atoms with Crippen LogP contribution in [0.4, 0.5) is 0 Å². The van der Waals surface area contributed by atoms with Crippen LogP contribution in [-0.4, -0.2) is 12.5 Å². The first kappa shape index (κ1) is 10.8. The highest BCUT2D eigenvalue weighted by Crippen LogP contribution is 1.98. The van der Waals surface area contributed by atoms with Gasteiger partial charge in [-0.2, -0.15) is 0 Å². The van der Waals surface area contributed by atoms with Crippen LogP contribution in [0.3, 0.4) is 0 Å². The fourth-order valence-electron chi connectivity index (χ4n) is 1.27. The minimum absolute atomic E-state index is 0.0294. The van der Waals surface area contributed by atoms with Crippen molar-refractivity contribution < 1.29 is 4.79 Å². The Labute approximate surface area is 85.3 Å². The first-order valence-electron chi connectivity index (χ1n) is 5.18. The molecule has 2 nitrogen and oxygen atoms in total. The molecule has 1 N–H and O–H groups in total. The van der Waals surface area contributed by atoms with Crippen LogP contribution in [0.2, 0.25) is 0 Å². The van der Waals surface area contributed by atoms with Crippen LogP contribution in [0.25, 0.3) is 0 Å². The lowest BCUT2D eigenvalue weighted by Crippen LogP contribution is -2.24. The van der Waals surface area contributed by atoms with E-state index in [1.807, 2.05) is 30.3 Å². The van der Waals surface area contributed by atoms with E-state index in [1.165, 1.54) is 12.8 Å². The summed E-state index contributed by atoms with van der Waals surface area (Å²) in [7, 11) is 0. The Morgan fingerprint density at radius 1 is 1.21 bits per heavy atom. The summed E-state index contributed by atoms with van der Waals surface area (Å²) in [5, 5.41) is 2.89. The highest BCUT2D eigenvalue weighted by molar-refractivity contribution is 5.94. The van der Waals surface area contributed by atoms with Gasteiger partial charge in [0, 0.05) is 12.1 Å². The van der Waals surface area contributed by atoms with Gasteiger partial charge in [0.05, 0.1) is 0 Å². The third-order valence-electron chi connectivity index (χ3n) is 2.10. The molecule has 0 fully saturated rings. The van der Waals surface area contributed by atoms with Gasteiger partial charge in [0.25, 0.3) is 5.91 Å². The molecule has 76 valence electrons. The van der Waals surface area contributed by atoms with Crippen LogP contribution in [0, 0.1) is 0 Å². The van der Waals surface area contributed by atoms with Crippen LogP contribution in [0.5, 0.6) is 0 Å². The van der Waals surface area contributed by atoms with Crippen molar-refractivity contribution in [2.45, 2.75) is 26.2 Å². The molecule has 0 heterocycles. The number of benzene rings is 1. The molecule has 14 heavy (non-hydrogen) atoms. The summed E-state index contributed by atoms with van der Waals surface area (Å²) in [6, 6.07) is 9.32. The van der Waals surface area contributed by atoms with Gasteiger partial charge in [-0.15, -0.1) is 0 Å². The molecule has 1 amide bonds. The molecule has 1 rings (SSSR count). The Balaban J connectivity index is 2.29. The number of rotatable bonds is 5. The van der Waals surface area contributed by atoms with Crippen LogP contribution >= 0.6 is 0 Å². The highest BCUT2D eigenvalue weighted by Gasteiger charge is 2.01. The number of unbranched alkanes of at least 4 members (excludes halogenated alkanes) is 2. The maximum Gasteiger partial charge on any atom is 0.251 e. The van der Waals surface area contributed by atoms with Gasteiger partial charge < -0.3 is 5.32 Å². The Hall–Kier alpha value is -1.31. The van der Waals surface area contributed by atoms with Gasteiger partial charge >= 0.3 is 0 Å². The SMILES string of the molecule is CCCCCNC(=O)c1ccccc1. The van der Waals surface area contributed by atoms with E-state index in [1.54, 1.807) is 0 Å². The third-order valence-corrected chi connectivity index (χ3v) is 2.10. The minimum atomic E-state index is 0.0294. The summed E-state index contributed by atoms with van der Waals surface area (Å²) >= 11 is 0. The van der Waals surface area contributed by atoms with Crippen molar-refractivity contribution in [1.82, 2.24) is 5.32 Å². The largest absolute Gasteiger partial charge is 0.352 e. The first-order valence-corrected chi connectivity index (χ1v) is 5.18. The molecule has 0 bridgehead atoms. The summed E-state index contributed by atoms with van der Waals surface area (Å²) in [4.78, 5) is 11.5. The van der Waals surface area contributed by atoms with E-state index in [9.17, 15) is 4.79 Å². The van der Waals surface area contributed by atoms with Crippen molar-refractivity contribution in [2.24, 2.45) is 0 Å². The minimum Gasteiger partial charge on any atom is -0.352 e. The molecule has 0 atom stereocenters. The van der Waals surface area contributed by atoms with Gasteiger partial charge in [0.1, 0.15) is 0 Å². The first-order chi connectivity index (χ1) is 6.84. The molecular weight excluding hydrogens is 174 g/mol. The van der Waals surface area contributed by atoms with E-state index in [0.717, 1.165) is 18.5 Å². The average molecular weight is 191 g/mol. The summed E-state index contributed by atoms with van der Waals surface area (Å²) < 4.78 is 0. The van der Waals surface area contributed by atoms with Gasteiger partial charge in [0.15, 0.2) is 0 Å². The van der Waals surface area contributed by atoms with Crippen LogP contribution < -0.4 is 5.32 Å². The zero-order chi connectivity index (χ0) is 10.2. The van der Waals surface area contributed by atoms with E-state index in [0.29, 0.717) is 0 Å². The van der Waals surface area contributed by atoms with E-state index in [2.05, 4.69) is 12.2 Å². The number of nitrogens with one attached hydrogen (secondary N) is 1. The summed E-state index contributed by atoms with van der Waals surface area (Å²) in [5.74, 6) is 0.0294. The van der Waals surface area contributed by atoms with Gasteiger partial charge in [-0.05, 0) is 18.6 Å². The van der Waals surface area contributed by atoms with Gasteiger partial charge in [-0.25, -0.2) is 0 Å². The Bertz CT molecular complexity index is 269. The van der Waals surface area contributed by atoms with Gasteiger partial charge in [-0.3, -0.25) is 4.79 Å². The molecule has 0 aliphatic rings. The van der Waals surface area contributed by atoms with Crippen molar-refractivity contribution >= 4 is 5.91 Å². The molecule has 1 aromatic carbocycles. The van der Waals surface area contributed by atoms with Crippen LogP contribution in [0.15, 0.2) is 30.3 Å². The number of hydrogen-bond donors (Lipinski definition) is 1. The second kappa shape index (κ2) is 6.19. The predicted octanol–water partition coefficient (Wildman–Crippen LogP) is 2.61. The van der Waals surface area contributed by atoms with Crippen LogP contribution in [-0.2, 0) is 0 Å². The number of amides is 1. The summed E-state index contributed by atoms with van der Waals surface area (Å²) in [5.41, 5.74) is 0.740. The molecule has 1 aromatic rings. The number of hydrogen-bond acceptors (Lipinski definition) is 1. The molecule has 0 aliphatic carbocycles. The van der Waals surface area contributed by atoms with E-state index in [4.69, 9.17) is 0 Å². The molecule has 0 radical (unpaired) electrons. The van der Waals surface area contributed by atoms with E-state index >= 15 is 0 Å². The molecular formula is C12H17NO.